The SMILES string of the molecule is CC(=O)N1CC(n2ccc(S(=O)(=O)NC(=O)Nc3c4c(cc5c3CCC5)CCC4)n2)C1.CN(C)C(=O)Cn1ccc(S(=O)(=O)NC(=O)Nc2c3c(cc4c2CCC4)CCC3)n1.CNC(=O)Cn1ccc(S(=O)(=O)NC(=O)Nc2c3c(cc4c2CCC4)CCC3)n1. The summed E-state index contributed by atoms with van der Waals surface area (Å²) in [6, 6.07) is 8.17. The summed E-state index contributed by atoms with van der Waals surface area (Å²) < 4.78 is 85.8. The number of urea groups is 3. The van der Waals surface area contributed by atoms with Crippen LogP contribution in [0.15, 0.2) is 70.1 Å². The number of carbonyl (C=O) groups is 6. The normalized spacial score (nSPS) is 15.9. The molecule has 0 unspecified atom stereocenters. The summed E-state index contributed by atoms with van der Waals surface area (Å²) in [7, 11) is -7.74. The third-order valence-corrected chi connectivity index (χ3v) is 21.2. The number of nitrogens with zero attached hydrogens (tertiary/aromatic N) is 8. The van der Waals surface area contributed by atoms with Crippen LogP contribution in [0.5, 0.6) is 0 Å². The molecule has 0 saturated carbocycles. The van der Waals surface area contributed by atoms with Gasteiger partial charge in [0.2, 0.25) is 17.7 Å². The molecular formula is C60H73N15O12S3. The van der Waals surface area contributed by atoms with Crippen LogP contribution >= 0.6 is 0 Å². The molecule has 13 rings (SSSR count). The van der Waals surface area contributed by atoms with Crippen LogP contribution in [0.3, 0.4) is 0 Å². The molecule has 27 nitrogen and oxygen atoms in total. The lowest BCUT2D eigenvalue weighted by molar-refractivity contribution is -0.134. The summed E-state index contributed by atoms with van der Waals surface area (Å²) in [5.41, 5.74) is 16.6. The molecule has 478 valence electrons. The average Bonchev–Trinajstić information content (AvgIpc) is 1.62. The number of hydrogen-bond acceptors (Lipinski definition) is 15. The maximum absolute atomic E-state index is 12.7. The Hall–Kier alpha value is -8.64. The van der Waals surface area contributed by atoms with E-state index in [0.717, 1.165) is 166 Å². The molecule has 1 saturated heterocycles. The monoisotopic (exact) mass is 1290 g/mol. The van der Waals surface area contributed by atoms with Gasteiger partial charge >= 0.3 is 18.1 Å². The Balaban J connectivity index is 0.000000139. The van der Waals surface area contributed by atoms with Crippen LogP contribution in [0.1, 0.15) is 118 Å². The van der Waals surface area contributed by atoms with Crippen molar-refractivity contribution >= 4 is 82.9 Å². The van der Waals surface area contributed by atoms with Gasteiger partial charge in [0.1, 0.15) is 13.1 Å². The third kappa shape index (κ3) is 13.6. The van der Waals surface area contributed by atoms with Gasteiger partial charge in [0.05, 0.1) is 6.04 Å². The van der Waals surface area contributed by atoms with E-state index >= 15 is 0 Å². The second kappa shape index (κ2) is 25.7. The minimum Gasteiger partial charge on any atom is -0.358 e. The zero-order chi connectivity index (χ0) is 63.8. The van der Waals surface area contributed by atoms with Crippen molar-refractivity contribution in [1.82, 2.24) is 58.6 Å². The molecule has 3 aromatic carbocycles. The number of amides is 9. The number of likely N-dealkylation sites (tertiary alicyclic amines) is 1. The Bertz CT molecular complexity index is 4150. The number of likely N-dealkylation sites (N-methyl/N-ethyl adjacent to an activating group) is 2. The van der Waals surface area contributed by atoms with Gasteiger partial charge in [-0.25, -0.2) is 28.5 Å². The van der Waals surface area contributed by atoms with E-state index in [0.29, 0.717) is 13.1 Å². The molecule has 0 spiro atoms. The van der Waals surface area contributed by atoms with E-state index in [4.69, 9.17) is 0 Å². The van der Waals surface area contributed by atoms with Crippen LogP contribution in [0, 0.1) is 0 Å². The van der Waals surface area contributed by atoms with Gasteiger partial charge < -0.3 is 31.1 Å². The lowest BCUT2D eigenvalue weighted by Gasteiger charge is -2.38. The van der Waals surface area contributed by atoms with Crippen molar-refractivity contribution in [1.29, 1.82) is 0 Å². The van der Waals surface area contributed by atoms with Gasteiger partial charge in [0, 0.05) is 76.8 Å². The molecule has 1 fully saturated rings. The van der Waals surface area contributed by atoms with Gasteiger partial charge in [-0.1, -0.05) is 18.2 Å². The first kappa shape index (κ1) is 62.9. The van der Waals surface area contributed by atoms with Crippen LogP contribution in [0.25, 0.3) is 0 Å². The van der Waals surface area contributed by atoms with Gasteiger partial charge in [-0.05, 0) is 201 Å². The number of hydrogen-bond donors (Lipinski definition) is 7. The van der Waals surface area contributed by atoms with Crippen LogP contribution in [0.4, 0.5) is 31.4 Å². The highest BCUT2D eigenvalue weighted by Crippen LogP contribution is 2.41. The Labute approximate surface area is 521 Å². The molecule has 7 aliphatic rings. The second-order valence-electron chi connectivity index (χ2n) is 23.8. The molecule has 6 aliphatic carbocycles. The summed E-state index contributed by atoms with van der Waals surface area (Å²) in [6.45, 7) is 2.29. The van der Waals surface area contributed by atoms with Crippen LogP contribution < -0.4 is 35.4 Å². The minimum absolute atomic E-state index is 0.0199. The molecule has 30 heteroatoms. The fraction of sp³-hybridized carbons (Fsp3) is 0.450. The first-order valence-corrected chi connectivity index (χ1v) is 34.7. The molecule has 0 radical (unpaired) electrons. The minimum atomic E-state index is -4.16. The number of aromatic nitrogens is 6. The Kier molecular flexibility index (Phi) is 18.0. The predicted octanol–water partition coefficient (Wildman–Crippen LogP) is 4.35. The molecule has 7 N–H and O–H groups in total. The zero-order valence-electron chi connectivity index (χ0n) is 50.5. The van der Waals surface area contributed by atoms with E-state index in [9.17, 15) is 54.0 Å². The van der Waals surface area contributed by atoms with Gasteiger partial charge in [-0.3, -0.25) is 28.4 Å². The van der Waals surface area contributed by atoms with Gasteiger partial charge in [-0.15, -0.1) is 0 Å². The summed E-state index contributed by atoms with van der Waals surface area (Å²) >= 11 is 0. The molecule has 4 heterocycles. The Morgan fingerprint density at radius 1 is 0.478 bits per heavy atom. The average molecular weight is 1290 g/mol. The zero-order valence-corrected chi connectivity index (χ0v) is 53.0. The van der Waals surface area contributed by atoms with Crippen molar-refractivity contribution in [3.05, 3.63) is 122 Å². The molecule has 1 aliphatic heterocycles. The van der Waals surface area contributed by atoms with Crippen molar-refractivity contribution < 1.29 is 54.0 Å². The Morgan fingerprint density at radius 3 is 1.12 bits per heavy atom. The van der Waals surface area contributed by atoms with E-state index in [1.54, 1.807) is 25.2 Å². The number of fused-ring (bicyclic) bond motifs is 6. The van der Waals surface area contributed by atoms with Crippen LogP contribution in [-0.4, -0.2) is 134 Å². The molecule has 90 heavy (non-hydrogen) atoms. The molecular weight excluding hydrogens is 1220 g/mol. The summed E-state index contributed by atoms with van der Waals surface area (Å²) in [5.74, 6) is -0.553. The second-order valence-corrected chi connectivity index (χ2v) is 28.6. The van der Waals surface area contributed by atoms with Gasteiger partial charge in [0.25, 0.3) is 30.1 Å². The highest BCUT2D eigenvalue weighted by Gasteiger charge is 2.34. The van der Waals surface area contributed by atoms with E-state index < -0.39 is 48.2 Å². The first-order valence-electron chi connectivity index (χ1n) is 30.2. The predicted molar refractivity (Wildman–Crippen MR) is 330 cm³/mol. The number of aryl methyl sites for hydroxylation is 6. The number of nitrogens with one attached hydrogen (secondary N) is 7. The van der Waals surface area contributed by atoms with E-state index in [2.05, 4.69) is 59.5 Å². The lowest BCUT2D eigenvalue weighted by atomic mass is 9.99. The van der Waals surface area contributed by atoms with Crippen molar-refractivity contribution in [2.24, 2.45) is 0 Å². The third-order valence-electron chi connectivity index (χ3n) is 17.5. The van der Waals surface area contributed by atoms with Crippen molar-refractivity contribution in [3.8, 4) is 0 Å². The molecule has 3 aromatic heterocycles. The maximum atomic E-state index is 12.7. The number of sulfonamides is 3. The molecule has 9 amide bonds. The summed E-state index contributed by atoms with van der Waals surface area (Å²) in [6.07, 6.45) is 21.8. The fourth-order valence-corrected chi connectivity index (χ4v) is 15.6. The largest absolute Gasteiger partial charge is 0.358 e. The summed E-state index contributed by atoms with van der Waals surface area (Å²) in [5, 5.41) is 21.9. The van der Waals surface area contributed by atoms with Gasteiger partial charge in [0.15, 0.2) is 15.1 Å². The topological polar surface area (TPSA) is 349 Å². The van der Waals surface area contributed by atoms with Crippen LogP contribution in [0.2, 0.25) is 0 Å². The van der Waals surface area contributed by atoms with Crippen molar-refractivity contribution in [3.63, 3.8) is 0 Å². The summed E-state index contributed by atoms with van der Waals surface area (Å²) in [4.78, 5) is 75.3. The highest BCUT2D eigenvalue weighted by atomic mass is 32.2. The first-order chi connectivity index (χ1) is 42.9. The Morgan fingerprint density at radius 2 is 0.800 bits per heavy atom. The van der Waals surface area contributed by atoms with Crippen molar-refractivity contribution in [2.45, 2.75) is 157 Å². The standard InChI is InChI=1S/C21H25N5O4S.C20H25N5O4S.C19H23N5O4S/c1-13(27)25-11-16(12-25)26-9-8-19(23-26)31(29,30)24-21(28)22-20-17-6-2-4-14(17)10-15-5-3-7-18(15)20;1-24(2)18(26)12-25-10-9-17(22-25)30(28,29)23-20(27)21-19-15-7-3-5-13(15)11-14-6-4-8-16(14)19;1-20-16(25)11-24-9-8-17(22-24)29(27,28)23-19(26)21-18-14-6-2-4-12(14)10-13-5-3-7-15(13)18/h8-10,16H,2-7,11-12H2,1H3,(H2,22,24,28);9-11H,3-8,12H2,1-2H3,(H2,21,23,27);8-10H,2-7,11H2,1H3,(H,20,25)(H2,21,23,26). The van der Waals surface area contributed by atoms with Crippen LogP contribution in [-0.2, 0) is 135 Å². The maximum Gasteiger partial charge on any atom is 0.333 e. The molecule has 0 bridgehead atoms. The van der Waals surface area contributed by atoms with E-state index in [1.165, 1.54) is 96.9 Å². The van der Waals surface area contributed by atoms with Crippen molar-refractivity contribution in [2.75, 3.05) is 50.2 Å². The molecule has 6 aromatic rings. The lowest BCUT2D eigenvalue weighted by Crippen LogP contribution is -2.50. The number of anilines is 3. The van der Waals surface area contributed by atoms with Gasteiger partial charge in [-0.2, -0.15) is 40.5 Å². The quantitative estimate of drug-likeness (QED) is 0.0797. The number of carbonyl (C=O) groups excluding carboxylic acids is 6. The smallest absolute Gasteiger partial charge is 0.333 e. The fourth-order valence-electron chi connectivity index (χ4n) is 13.0. The van der Waals surface area contributed by atoms with E-state index in [-0.39, 0.29) is 51.9 Å². The highest BCUT2D eigenvalue weighted by molar-refractivity contribution is 7.90. The van der Waals surface area contributed by atoms with E-state index in [1.807, 2.05) is 9.44 Å². The molecule has 0 atom stereocenters. The number of rotatable bonds is 14. The number of benzene rings is 3.